The van der Waals surface area contributed by atoms with Crippen LogP contribution in [0.1, 0.15) is 17.0 Å². The molecule has 6 aromatic rings. The zero-order valence-corrected chi connectivity index (χ0v) is 25.0. The number of aliphatic hydroxyl groups is 2. The van der Waals surface area contributed by atoms with Crippen molar-refractivity contribution >= 4 is 33.8 Å². The first kappa shape index (κ1) is 30.3. The molecule has 0 unspecified atom stereocenters. The molecule has 10 heteroatoms. The van der Waals surface area contributed by atoms with Gasteiger partial charge in [0.2, 0.25) is 5.95 Å². The van der Waals surface area contributed by atoms with Gasteiger partial charge in [0.25, 0.3) is 0 Å². The molecule has 0 saturated carbocycles. The number of benzene rings is 2. The number of aliphatic hydroxyl groups excluding tert-OH is 2. The Hall–Kier alpha value is -5.16. The smallest absolute Gasteiger partial charge is 0.207 e. The number of hydrogen-bond acceptors (Lipinski definition) is 9. The van der Waals surface area contributed by atoms with Crippen LogP contribution in [0.3, 0.4) is 0 Å². The fourth-order valence-corrected chi connectivity index (χ4v) is 5.12. The molecule has 0 amide bonds. The first-order valence-corrected chi connectivity index (χ1v) is 14.8. The van der Waals surface area contributed by atoms with Crippen molar-refractivity contribution in [3.63, 3.8) is 0 Å². The molecule has 2 aromatic carbocycles. The molecule has 0 fully saturated rings. The van der Waals surface area contributed by atoms with Gasteiger partial charge >= 0.3 is 0 Å². The third-order valence-electron chi connectivity index (χ3n) is 6.85. The van der Waals surface area contributed by atoms with E-state index in [0.29, 0.717) is 0 Å². The van der Waals surface area contributed by atoms with E-state index in [1.54, 1.807) is 18.6 Å². The fraction of sp³-hybridized carbons (Fsp3) is 0.118. The molecule has 4 aromatic heterocycles. The zero-order chi connectivity index (χ0) is 30.7. The molecule has 6 rings (SSSR count). The number of anilines is 3. The first-order chi connectivity index (χ1) is 21.6. The average molecular weight is 604 g/mol. The van der Waals surface area contributed by atoms with E-state index in [0.717, 1.165) is 55.4 Å². The van der Waals surface area contributed by atoms with Crippen LogP contribution in [0.25, 0.3) is 27.5 Å². The van der Waals surface area contributed by atoms with Gasteiger partial charge in [0, 0.05) is 37.3 Å². The van der Waals surface area contributed by atoms with E-state index in [1.165, 1.54) is 11.3 Å². The van der Waals surface area contributed by atoms with Crippen molar-refractivity contribution in [2.45, 2.75) is 5.92 Å². The molecule has 0 bridgehead atoms. The maximum absolute atomic E-state index is 9.25. The van der Waals surface area contributed by atoms with Crippen LogP contribution in [0.5, 0.6) is 0 Å². The van der Waals surface area contributed by atoms with Crippen LogP contribution in [-0.4, -0.2) is 55.4 Å². The first-order valence-electron chi connectivity index (χ1n) is 13.9. The lowest BCUT2D eigenvalue weighted by Crippen LogP contribution is -2.11. The highest BCUT2D eigenvalue weighted by molar-refractivity contribution is 7.18. The summed E-state index contributed by atoms with van der Waals surface area (Å²) in [5, 5.41) is 22.5. The minimum absolute atomic E-state index is 0.0789. The van der Waals surface area contributed by atoms with Crippen molar-refractivity contribution in [2.75, 3.05) is 30.5 Å². The number of hydrogen-bond donors (Lipinski definition) is 4. The Kier molecular flexibility index (Phi) is 10.2. The number of rotatable bonds is 10. The summed E-state index contributed by atoms with van der Waals surface area (Å²) >= 11 is 1.51. The van der Waals surface area contributed by atoms with Gasteiger partial charge in [-0.25, -0.2) is 9.97 Å². The standard InChI is InChI=1S/C19H19N3O2S.C15H14N4/c1-13(14-5-7-15(8-6-14)16(11-23)12-24)22-19-21-10-18(25-19)17-4-2-3-9-20-17;1-19(13-8-5-9-16-10-13)15-17-11-14(18-15)12-6-3-2-4-7-12/h2-10,16,23-24H,1,11-12H2,(H,21,22);2-11H,1H3,(H,17,18). The second-order valence-corrected chi connectivity index (χ2v) is 10.8. The fourth-order valence-electron chi connectivity index (χ4n) is 4.31. The van der Waals surface area contributed by atoms with Gasteiger partial charge in [-0.15, -0.1) is 0 Å². The second-order valence-electron chi connectivity index (χ2n) is 9.79. The van der Waals surface area contributed by atoms with Crippen LogP contribution < -0.4 is 10.2 Å². The van der Waals surface area contributed by atoms with Gasteiger partial charge in [-0.1, -0.05) is 78.6 Å². The number of pyridine rings is 2. The Bertz CT molecular complexity index is 1740. The summed E-state index contributed by atoms with van der Waals surface area (Å²) < 4.78 is 0. The van der Waals surface area contributed by atoms with E-state index in [2.05, 4.69) is 48.9 Å². The predicted molar refractivity (Wildman–Crippen MR) is 178 cm³/mol. The monoisotopic (exact) mass is 603 g/mol. The van der Waals surface area contributed by atoms with E-state index < -0.39 is 0 Å². The van der Waals surface area contributed by atoms with Crippen molar-refractivity contribution in [2.24, 2.45) is 0 Å². The van der Waals surface area contributed by atoms with E-state index in [4.69, 9.17) is 0 Å². The molecular weight excluding hydrogens is 570 g/mol. The van der Waals surface area contributed by atoms with Gasteiger partial charge in [0.1, 0.15) is 0 Å². The molecular formula is C34H33N7O2S. The third-order valence-corrected chi connectivity index (χ3v) is 7.79. The van der Waals surface area contributed by atoms with Crippen molar-refractivity contribution in [1.29, 1.82) is 0 Å². The number of imidazole rings is 1. The highest BCUT2D eigenvalue weighted by Crippen LogP contribution is 2.29. The van der Waals surface area contributed by atoms with Crippen LogP contribution in [0.2, 0.25) is 0 Å². The molecule has 0 aliphatic heterocycles. The van der Waals surface area contributed by atoms with Crippen LogP contribution in [0.4, 0.5) is 16.8 Å². The number of H-pyrrole nitrogens is 1. The van der Waals surface area contributed by atoms with E-state index in [9.17, 15) is 10.2 Å². The summed E-state index contributed by atoms with van der Waals surface area (Å²) in [6.45, 7) is 3.90. The van der Waals surface area contributed by atoms with Gasteiger partial charge < -0.3 is 25.4 Å². The molecule has 0 spiro atoms. The Morgan fingerprint density at radius 1 is 0.864 bits per heavy atom. The molecule has 0 atom stereocenters. The van der Waals surface area contributed by atoms with Gasteiger partial charge in [0.15, 0.2) is 5.13 Å². The average Bonchev–Trinajstić information content (AvgIpc) is 3.78. The molecule has 0 aliphatic carbocycles. The maximum Gasteiger partial charge on any atom is 0.207 e. The van der Waals surface area contributed by atoms with E-state index in [-0.39, 0.29) is 19.1 Å². The lowest BCUT2D eigenvalue weighted by Gasteiger charge is -2.15. The Balaban J connectivity index is 0.000000181. The minimum Gasteiger partial charge on any atom is -0.396 e. The summed E-state index contributed by atoms with van der Waals surface area (Å²) in [7, 11) is 1.96. The summed E-state index contributed by atoms with van der Waals surface area (Å²) in [6, 6.07) is 27.4. The number of nitrogens with zero attached hydrogens (tertiary/aromatic N) is 5. The van der Waals surface area contributed by atoms with Crippen LogP contribution in [0.15, 0.2) is 122 Å². The highest BCUT2D eigenvalue weighted by atomic mass is 32.1. The number of nitrogens with one attached hydrogen (secondary N) is 2. The van der Waals surface area contributed by atoms with E-state index in [1.807, 2.05) is 97.1 Å². The summed E-state index contributed by atoms with van der Waals surface area (Å²) in [5.74, 6) is 0.544. The second kappa shape index (κ2) is 14.8. The predicted octanol–water partition coefficient (Wildman–Crippen LogP) is 6.60. The molecule has 222 valence electrons. The quantitative estimate of drug-likeness (QED) is 0.138. The van der Waals surface area contributed by atoms with Gasteiger partial charge in [-0.2, -0.15) is 0 Å². The van der Waals surface area contributed by atoms with Crippen molar-refractivity contribution in [3.05, 3.63) is 134 Å². The molecule has 4 N–H and O–H groups in total. The minimum atomic E-state index is -0.254. The van der Waals surface area contributed by atoms with Gasteiger partial charge in [0.05, 0.1) is 47.6 Å². The Morgan fingerprint density at radius 3 is 2.32 bits per heavy atom. The van der Waals surface area contributed by atoms with Crippen molar-refractivity contribution in [1.82, 2.24) is 24.9 Å². The largest absolute Gasteiger partial charge is 0.396 e. The number of aromatic nitrogens is 5. The van der Waals surface area contributed by atoms with E-state index >= 15 is 0 Å². The molecule has 9 nitrogen and oxygen atoms in total. The zero-order valence-electron chi connectivity index (χ0n) is 24.2. The molecule has 0 aliphatic rings. The summed E-state index contributed by atoms with van der Waals surface area (Å²) in [5.41, 5.74) is 6.57. The Labute approximate surface area is 260 Å². The molecule has 0 saturated heterocycles. The number of thiazole rings is 1. The van der Waals surface area contributed by atoms with Crippen LogP contribution in [0, 0.1) is 0 Å². The van der Waals surface area contributed by atoms with Gasteiger partial charge in [-0.05, 0) is 41.0 Å². The highest BCUT2D eigenvalue weighted by Gasteiger charge is 2.11. The summed E-state index contributed by atoms with van der Waals surface area (Å²) in [6.07, 6.45) is 8.96. The normalized spacial score (nSPS) is 10.6. The summed E-state index contributed by atoms with van der Waals surface area (Å²) in [4.78, 5) is 23.5. The lowest BCUT2D eigenvalue weighted by molar-refractivity contribution is 0.192. The van der Waals surface area contributed by atoms with Crippen LogP contribution in [-0.2, 0) is 0 Å². The molecule has 4 heterocycles. The van der Waals surface area contributed by atoms with Crippen molar-refractivity contribution < 1.29 is 10.2 Å². The lowest BCUT2D eigenvalue weighted by atomic mass is 9.99. The molecule has 0 radical (unpaired) electrons. The third kappa shape index (κ3) is 7.61. The maximum atomic E-state index is 9.25. The SMILES string of the molecule is C=C(Nc1ncc(-c2ccccn2)s1)c1ccc(C(CO)CO)cc1.CN(c1cccnc1)c1ncc(-c2ccccc2)[nH]1. The van der Waals surface area contributed by atoms with Gasteiger partial charge in [-0.3, -0.25) is 9.97 Å². The van der Waals surface area contributed by atoms with Crippen LogP contribution >= 0.6 is 11.3 Å². The Morgan fingerprint density at radius 2 is 1.64 bits per heavy atom. The topological polar surface area (TPSA) is 123 Å². The van der Waals surface area contributed by atoms with Crippen molar-refractivity contribution in [3.8, 4) is 21.8 Å². The number of aromatic amines is 1. The molecule has 44 heavy (non-hydrogen) atoms.